The first-order valence-electron chi connectivity index (χ1n) is 0.617. The summed E-state index contributed by atoms with van der Waals surface area (Å²) in [5.74, 6) is 0. The molecule has 1 radical (unpaired) electrons. The summed E-state index contributed by atoms with van der Waals surface area (Å²) in [5.41, 5.74) is 0. The van der Waals surface area contributed by atoms with Crippen molar-refractivity contribution in [2.24, 2.45) is 0 Å². The van der Waals surface area contributed by atoms with E-state index in [0.717, 1.165) is 0 Å². The molecule has 4 N–H and O–H groups in total. The molecule has 0 heterocycles. The zero-order valence-corrected chi connectivity index (χ0v) is 9.07. The van der Waals surface area contributed by atoms with E-state index < -0.39 is 16.2 Å². The topological polar surface area (TPSA) is 117 Å². The smallest absolute Gasteiger partial charge is 1.00 e. The Hall–Kier alpha value is 0.831. The average molecular weight is 452 g/mol. The molecule has 0 amide bonds. The molecule has 0 unspecified atom stereocenters. The predicted octanol–water partition coefficient (Wildman–Crippen LogP) is -2.24. The van der Waals surface area contributed by atoms with Crippen molar-refractivity contribution >= 4 is 0 Å². The van der Waals surface area contributed by atoms with E-state index in [1.165, 1.54) is 0 Å². The van der Waals surface area contributed by atoms with Gasteiger partial charge in [-0.1, -0.05) is 0 Å². The van der Waals surface area contributed by atoms with E-state index in [1.54, 1.807) is 0 Å². The number of quaternary nitrogens is 1. The number of hydrogen-bond donors (Lipinski definition) is 1. The van der Waals surface area contributed by atoms with Crippen LogP contribution in [0.4, 0.5) is 0 Å². The fourth-order valence-electron chi connectivity index (χ4n) is 0. The summed E-state index contributed by atoms with van der Waals surface area (Å²) in [5, 5.41) is 0. The van der Waals surface area contributed by atoms with Gasteiger partial charge in [0.15, 0.2) is 0 Å². The Labute approximate surface area is 58.1 Å². The molecule has 0 aliphatic rings. The Morgan fingerprint density at radius 2 is 1.14 bits per heavy atom. The fraction of sp³-hybridized carbons (Fsp3) is 0. The first-order chi connectivity index (χ1) is 2.00. The molecule has 0 saturated carbocycles. The van der Waals surface area contributed by atoms with Crippen LogP contribution in [0.3, 0.4) is 0 Å². The summed E-state index contributed by atoms with van der Waals surface area (Å²) < 4.78 is 34.6. The molecule has 46 valence electrons. The summed E-state index contributed by atoms with van der Waals surface area (Å²) >= 11 is -6.11. The van der Waals surface area contributed by atoms with Crippen molar-refractivity contribution in [3.05, 3.63) is 0 Å². The first kappa shape index (κ1) is 15.7. The van der Waals surface area contributed by atoms with E-state index in [0.29, 0.717) is 0 Å². The van der Waals surface area contributed by atoms with E-state index in [1.807, 2.05) is 0 Å². The Morgan fingerprint density at radius 3 is 1.14 bits per heavy atom. The average Bonchev–Trinajstić information content (AvgIpc) is 0.722. The van der Waals surface area contributed by atoms with Crippen LogP contribution in [0.5, 0.6) is 0 Å². The molecule has 0 aromatic heterocycles. The molecule has 7 heteroatoms. The Bertz CT molecular complexity index is 94.9. The third-order valence-electron chi connectivity index (χ3n) is 0. The second-order valence-electron chi connectivity index (χ2n) is 0.378. The van der Waals surface area contributed by atoms with Gasteiger partial charge < -0.3 is 6.15 Å². The van der Waals surface area contributed by atoms with Crippen LogP contribution in [0.2, 0.25) is 0 Å². The van der Waals surface area contributed by atoms with Gasteiger partial charge in [-0.3, -0.25) is 0 Å². The second kappa shape index (κ2) is 4.98. The Kier molecular flexibility index (Phi) is 11.1. The quantitative estimate of drug-likeness (QED) is 0.448. The predicted molar refractivity (Wildman–Crippen MR) is 7.36 cm³/mol. The van der Waals surface area contributed by atoms with Crippen molar-refractivity contribution in [3.63, 3.8) is 0 Å². The normalized spacial score (nSPS) is 8.29. The second-order valence-corrected chi connectivity index (χ2v) is 3.09. The molecular weight excluding hydrogens is 448 g/mol. The van der Waals surface area contributed by atoms with Gasteiger partial charge in [-0.05, 0) is 0 Å². The molecule has 0 rings (SSSR count). The summed E-state index contributed by atoms with van der Waals surface area (Å²) in [4.78, 5) is 0. The van der Waals surface area contributed by atoms with Crippen LogP contribution in [0.1, 0.15) is 0 Å². The van der Waals surface area contributed by atoms with Crippen molar-refractivity contribution in [3.8, 4) is 0 Å². The van der Waals surface area contributed by atoms with Crippen LogP contribution in [-0.2, 0) is 44.2 Å². The van der Waals surface area contributed by atoms with Gasteiger partial charge >= 0.3 is 51.9 Å². The SMILES string of the molecule is [NH4+].[O]=[Re](=[O])([O-])[O-].[W+]. The van der Waals surface area contributed by atoms with Gasteiger partial charge in [-0.25, -0.2) is 0 Å². The minimum Gasteiger partial charge on any atom is 1.00 e. The molecule has 0 spiro atoms. The van der Waals surface area contributed by atoms with Crippen molar-refractivity contribution < 1.29 is 51.9 Å². The third kappa shape index (κ3) is 231. The molecule has 7 heavy (non-hydrogen) atoms. The van der Waals surface area contributed by atoms with Crippen LogP contribution < -0.4 is 13.8 Å². The summed E-state index contributed by atoms with van der Waals surface area (Å²) in [7, 11) is 0. The minimum atomic E-state index is -6.11. The van der Waals surface area contributed by atoms with Crippen molar-refractivity contribution in [2.45, 2.75) is 0 Å². The Balaban J connectivity index is -0.0000000800. The van der Waals surface area contributed by atoms with Gasteiger partial charge in [0.1, 0.15) is 0 Å². The molecule has 0 fully saturated rings. The largest absolute Gasteiger partial charge is 1.00 e. The van der Waals surface area contributed by atoms with Crippen molar-refractivity contribution in [1.29, 1.82) is 0 Å². The summed E-state index contributed by atoms with van der Waals surface area (Å²) in [6.45, 7) is 0. The monoisotopic (exact) mass is 453 g/mol. The van der Waals surface area contributed by atoms with Gasteiger partial charge in [-0.15, -0.1) is 0 Å². The molecule has 0 bridgehead atoms. The van der Waals surface area contributed by atoms with Crippen LogP contribution in [0.15, 0.2) is 0 Å². The summed E-state index contributed by atoms with van der Waals surface area (Å²) in [6.07, 6.45) is 0. The third-order valence-corrected chi connectivity index (χ3v) is 0. The Morgan fingerprint density at radius 1 is 1.14 bits per heavy atom. The molecule has 0 aliphatic heterocycles. The van der Waals surface area contributed by atoms with Crippen LogP contribution in [0.25, 0.3) is 0 Å². The van der Waals surface area contributed by atoms with Gasteiger partial charge in [0.25, 0.3) is 0 Å². The summed E-state index contributed by atoms with van der Waals surface area (Å²) in [6, 6.07) is 0. The van der Waals surface area contributed by atoms with E-state index in [4.69, 9.17) is 14.6 Å². The number of hydrogen-bond acceptors (Lipinski definition) is 4. The zero-order valence-electron chi connectivity index (χ0n) is 3.42. The zero-order chi connectivity index (χ0) is 4.50. The molecule has 0 aliphatic carbocycles. The molecule has 0 aromatic carbocycles. The van der Waals surface area contributed by atoms with Gasteiger partial charge in [0, 0.05) is 0 Å². The molecule has 0 atom stereocenters. The maximum Gasteiger partial charge on any atom is 1.00 e. The van der Waals surface area contributed by atoms with Gasteiger partial charge in [0.2, 0.25) is 0 Å². The minimum absolute atomic E-state index is 0. The van der Waals surface area contributed by atoms with E-state index in [-0.39, 0.29) is 27.2 Å². The van der Waals surface area contributed by atoms with E-state index in [2.05, 4.69) is 0 Å². The molecule has 0 saturated heterocycles. The van der Waals surface area contributed by atoms with E-state index >= 15 is 0 Å². The van der Waals surface area contributed by atoms with Crippen LogP contribution in [-0.4, -0.2) is 0 Å². The van der Waals surface area contributed by atoms with Crippen LogP contribution >= 0.6 is 0 Å². The number of rotatable bonds is 0. The van der Waals surface area contributed by atoms with Crippen LogP contribution in [0, 0.1) is 0 Å². The van der Waals surface area contributed by atoms with Gasteiger partial charge in [0.05, 0.1) is 0 Å². The van der Waals surface area contributed by atoms with Crippen molar-refractivity contribution in [1.82, 2.24) is 6.15 Å². The standard InChI is InChI=1S/H3N.4O.Re.W/h1H3;;;;;;/q;;;2*-1;;+1/p+1. The maximum absolute atomic E-state index is 8.64. The first-order valence-corrected chi connectivity index (χ1v) is 5.05. The maximum atomic E-state index is 8.64. The molecule has 5 nitrogen and oxygen atoms in total. The van der Waals surface area contributed by atoms with Crippen molar-refractivity contribution in [2.75, 3.05) is 0 Å². The van der Waals surface area contributed by atoms with E-state index in [9.17, 15) is 0 Å². The molecular formula is H4NO4ReW. The fourth-order valence-corrected chi connectivity index (χ4v) is 0. The molecule has 0 aromatic rings. The van der Waals surface area contributed by atoms with Gasteiger partial charge in [-0.2, -0.15) is 0 Å².